The summed E-state index contributed by atoms with van der Waals surface area (Å²) in [6.45, 7) is 2.22. The van der Waals surface area contributed by atoms with E-state index < -0.39 is 5.60 Å². The second-order valence-corrected chi connectivity index (χ2v) is 4.84. The first-order valence-corrected chi connectivity index (χ1v) is 6.10. The molecule has 0 bridgehead atoms. The van der Waals surface area contributed by atoms with Gasteiger partial charge in [0.25, 0.3) is 0 Å². The van der Waals surface area contributed by atoms with Crippen LogP contribution in [-0.4, -0.2) is 17.6 Å². The van der Waals surface area contributed by atoms with Gasteiger partial charge in [-0.1, -0.05) is 22.0 Å². The lowest BCUT2D eigenvalue weighted by Gasteiger charge is -2.24. The van der Waals surface area contributed by atoms with Crippen molar-refractivity contribution in [1.82, 2.24) is 0 Å². The third-order valence-corrected chi connectivity index (χ3v) is 3.43. The molecule has 0 spiro atoms. The zero-order chi connectivity index (χ0) is 11.8. The standard InChI is InChI=1S/C12H14BrNO2/c1-2-16-11(14)12(15)6-5-8-7-9(13)3-4-10(8)12/h3-4,7,14-15H,2,5-6H2,1H3/t12-/m0/s1. The van der Waals surface area contributed by atoms with Crippen LogP contribution in [0, 0.1) is 5.41 Å². The van der Waals surface area contributed by atoms with Gasteiger partial charge in [-0.2, -0.15) is 0 Å². The Labute approximate surface area is 103 Å². The van der Waals surface area contributed by atoms with Crippen LogP contribution in [0.3, 0.4) is 0 Å². The highest BCUT2D eigenvalue weighted by atomic mass is 79.9. The van der Waals surface area contributed by atoms with Crippen molar-refractivity contribution in [3.8, 4) is 0 Å². The van der Waals surface area contributed by atoms with Crippen molar-refractivity contribution < 1.29 is 9.84 Å². The maximum absolute atomic E-state index is 10.5. The average molecular weight is 284 g/mol. The number of aliphatic hydroxyl groups is 1. The number of hydrogen-bond acceptors (Lipinski definition) is 3. The molecule has 0 aliphatic heterocycles. The Hall–Kier alpha value is -0.870. The fourth-order valence-corrected chi connectivity index (χ4v) is 2.53. The SMILES string of the molecule is CCOC(=N)[C@]1(O)CCc2cc(Br)ccc21. The van der Waals surface area contributed by atoms with Crippen molar-refractivity contribution in [2.75, 3.05) is 6.61 Å². The predicted octanol–water partition coefficient (Wildman–Crippen LogP) is 2.60. The van der Waals surface area contributed by atoms with Crippen molar-refractivity contribution in [2.45, 2.75) is 25.4 Å². The molecule has 4 heteroatoms. The van der Waals surface area contributed by atoms with Crippen LogP contribution in [-0.2, 0) is 16.8 Å². The minimum atomic E-state index is -1.23. The van der Waals surface area contributed by atoms with Crippen molar-refractivity contribution in [2.24, 2.45) is 0 Å². The van der Waals surface area contributed by atoms with Crippen LogP contribution < -0.4 is 0 Å². The summed E-state index contributed by atoms with van der Waals surface area (Å²) in [7, 11) is 0. The summed E-state index contributed by atoms with van der Waals surface area (Å²) in [4.78, 5) is 0. The molecule has 16 heavy (non-hydrogen) atoms. The minimum absolute atomic E-state index is 0.0453. The molecule has 2 rings (SSSR count). The summed E-state index contributed by atoms with van der Waals surface area (Å²) in [5.74, 6) is -0.0453. The first-order chi connectivity index (χ1) is 7.58. The molecule has 0 aromatic heterocycles. The van der Waals surface area contributed by atoms with Gasteiger partial charge in [0.1, 0.15) is 0 Å². The maximum atomic E-state index is 10.5. The number of ether oxygens (including phenoxy) is 1. The van der Waals surface area contributed by atoms with E-state index in [0.717, 1.165) is 22.0 Å². The van der Waals surface area contributed by atoms with Crippen LogP contribution in [0.2, 0.25) is 0 Å². The van der Waals surface area contributed by atoms with Gasteiger partial charge in [-0.15, -0.1) is 0 Å². The lowest BCUT2D eigenvalue weighted by molar-refractivity contribution is 0.0782. The van der Waals surface area contributed by atoms with Crippen LogP contribution in [0.25, 0.3) is 0 Å². The highest BCUT2D eigenvalue weighted by Gasteiger charge is 2.42. The molecule has 1 aliphatic carbocycles. The third kappa shape index (κ3) is 1.76. The highest BCUT2D eigenvalue weighted by Crippen LogP contribution is 2.39. The topological polar surface area (TPSA) is 53.3 Å². The van der Waals surface area contributed by atoms with Crippen LogP contribution in [0.1, 0.15) is 24.5 Å². The van der Waals surface area contributed by atoms with E-state index in [4.69, 9.17) is 10.1 Å². The van der Waals surface area contributed by atoms with Gasteiger partial charge in [0.2, 0.25) is 5.90 Å². The maximum Gasteiger partial charge on any atom is 0.218 e. The van der Waals surface area contributed by atoms with Gasteiger partial charge in [-0.05, 0) is 43.0 Å². The van der Waals surface area contributed by atoms with E-state index in [0.29, 0.717) is 13.0 Å². The van der Waals surface area contributed by atoms with Gasteiger partial charge < -0.3 is 9.84 Å². The first kappa shape index (κ1) is 11.6. The Bertz CT molecular complexity index is 433. The smallest absolute Gasteiger partial charge is 0.218 e. The molecule has 86 valence electrons. The molecule has 0 fully saturated rings. The van der Waals surface area contributed by atoms with E-state index in [1.807, 2.05) is 25.1 Å². The number of nitrogens with one attached hydrogen (secondary N) is 1. The van der Waals surface area contributed by atoms with Crippen molar-refractivity contribution >= 4 is 21.8 Å². The van der Waals surface area contributed by atoms with Crippen molar-refractivity contribution in [1.29, 1.82) is 5.41 Å². The number of rotatable bonds is 2. The number of hydrogen-bond donors (Lipinski definition) is 2. The largest absolute Gasteiger partial charge is 0.479 e. The molecule has 2 N–H and O–H groups in total. The number of halogens is 1. The molecule has 0 unspecified atom stereocenters. The normalized spacial score (nSPS) is 22.9. The van der Waals surface area contributed by atoms with Crippen LogP contribution in [0.5, 0.6) is 0 Å². The Balaban J connectivity index is 2.38. The van der Waals surface area contributed by atoms with Gasteiger partial charge in [0.15, 0.2) is 5.60 Å². The second kappa shape index (κ2) is 4.18. The van der Waals surface area contributed by atoms with E-state index in [-0.39, 0.29) is 5.90 Å². The van der Waals surface area contributed by atoms with Gasteiger partial charge in [-0.3, -0.25) is 5.41 Å². The van der Waals surface area contributed by atoms with Gasteiger partial charge >= 0.3 is 0 Å². The second-order valence-electron chi connectivity index (χ2n) is 3.92. The van der Waals surface area contributed by atoms with Crippen molar-refractivity contribution in [3.05, 3.63) is 33.8 Å². The molecular weight excluding hydrogens is 270 g/mol. The molecule has 0 radical (unpaired) electrons. The van der Waals surface area contributed by atoms with Crippen LogP contribution >= 0.6 is 15.9 Å². The summed E-state index contributed by atoms with van der Waals surface area (Å²) in [5, 5.41) is 18.3. The molecule has 0 saturated carbocycles. The number of fused-ring (bicyclic) bond motifs is 1. The van der Waals surface area contributed by atoms with E-state index in [9.17, 15) is 5.11 Å². The zero-order valence-electron chi connectivity index (χ0n) is 9.09. The van der Waals surface area contributed by atoms with E-state index in [1.165, 1.54) is 0 Å². The number of aryl methyl sites for hydroxylation is 1. The summed E-state index contributed by atoms with van der Waals surface area (Å²) in [6, 6.07) is 5.74. The molecule has 0 heterocycles. The van der Waals surface area contributed by atoms with E-state index >= 15 is 0 Å². The lowest BCUT2D eigenvalue weighted by atomic mass is 9.96. The van der Waals surface area contributed by atoms with Crippen LogP contribution in [0.4, 0.5) is 0 Å². The molecule has 1 aromatic carbocycles. The Kier molecular flexibility index (Phi) is 3.04. The molecule has 0 saturated heterocycles. The monoisotopic (exact) mass is 283 g/mol. The molecule has 1 atom stereocenters. The Morgan fingerprint density at radius 3 is 3.06 bits per heavy atom. The van der Waals surface area contributed by atoms with Gasteiger partial charge in [-0.25, -0.2) is 0 Å². The fourth-order valence-electron chi connectivity index (χ4n) is 2.12. The average Bonchev–Trinajstić information content (AvgIpc) is 2.58. The molecule has 0 amide bonds. The molecule has 1 aliphatic rings. The predicted molar refractivity (Wildman–Crippen MR) is 65.7 cm³/mol. The molecule has 1 aromatic rings. The Morgan fingerprint density at radius 2 is 2.38 bits per heavy atom. The zero-order valence-corrected chi connectivity index (χ0v) is 10.7. The Morgan fingerprint density at radius 1 is 1.62 bits per heavy atom. The summed E-state index contributed by atoms with van der Waals surface area (Å²) < 4.78 is 6.14. The quantitative estimate of drug-likeness (QED) is 0.648. The van der Waals surface area contributed by atoms with Gasteiger partial charge in [0.05, 0.1) is 6.61 Å². The number of benzene rings is 1. The minimum Gasteiger partial charge on any atom is -0.479 e. The van der Waals surface area contributed by atoms with E-state index in [2.05, 4.69) is 15.9 Å². The molecule has 3 nitrogen and oxygen atoms in total. The fraction of sp³-hybridized carbons (Fsp3) is 0.417. The first-order valence-electron chi connectivity index (χ1n) is 5.31. The summed E-state index contributed by atoms with van der Waals surface area (Å²) in [6.07, 6.45) is 1.30. The van der Waals surface area contributed by atoms with Crippen molar-refractivity contribution in [3.63, 3.8) is 0 Å². The third-order valence-electron chi connectivity index (χ3n) is 2.93. The van der Waals surface area contributed by atoms with Crippen LogP contribution in [0.15, 0.2) is 22.7 Å². The summed E-state index contributed by atoms with van der Waals surface area (Å²) >= 11 is 3.40. The van der Waals surface area contributed by atoms with Gasteiger partial charge in [0, 0.05) is 4.47 Å². The lowest BCUT2D eigenvalue weighted by Crippen LogP contribution is -2.34. The highest BCUT2D eigenvalue weighted by molar-refractivity contribution is 9.10. The van der Waals surface area contributed by atoms with E-state index in [1.54, 1.807) is 0 Å². The molecular formula is C12H14BrNO2. The summed E-state index contributed by atoms with van der Waals surface area (Å²) in [5.41, 5.74) is 0.655.